The molecule has 0 bridgehead atoms. The standard InChI is InChI=1S/C25H25F3N4O2/c1-31(16-21(33)29-19-13-8-7-12-18(19)25(26,27)28)24(34)22-20-14-6-3-9-15-32(20)23(30-22)17-10-4-2-5-11-17/h2,4-5,7-8,10-13H,3,6,9,14-16H2,1H3,(H,29,33). The molecule has 0 atom stereocenters. The lowest BCUT2D eigenvalue weighted by Gasteiger charge is -2.18. The molecule has 1 aromatic heterocycles. The summed E-state index contributed by atoms with van der Waals surface area (Å²) in [6.45, 7) is 0.344. The summed E-state index contributed by atoms with van der Waals surface area (Å²) in [6, 6.07) is 14.3. The van der Waals surface area contributed by atoms with E-state index in [4.69, 9.17) is 0 Å². The predicted octanol–water partition coefficient (Wildman–Crippen LogP) is 5.01. The Balaban J connectivity index is 1.56. The van der Waals surface area contributed by atoms with Crippen molar-refractivity contribution in [1.82, 2.24) is 14.5 Å². The molecule has 9 heteroatoms. The lowest BCUT2D eigenvalue weighted by atomic mass is 10.1. The number of fused-ring (bicyclic) bond motifs is 1. The van der Waals surface area contributed by atoms with Gasteiger partial charge in [0, 0.05) is 19.2 Å². The largest absolute Gasteiger partial charge is 0.418 e. The average Bonchev–Trinajstić information content (AvgIpc) is 2.99. The molecule has 2 aromatic carbocycles. The number of hydrogen-bond acceptors (Lipinski definition) is 3. The Morgan fingerprint density at radius 3 is 2.47 bits per heavy atom. The maximum atomic E-state index is 13.3. The van der Waals surface area contributed by atoms with Gasteiger partial charge in [-0.15, -0.1) is 0 Å². The molecule has 6 nitrogen and oxygen atoms in total. The van der Waals surface area contributed by atoms with Gasteiger partial charge >= 0.3 is 6.18 Å². The van der Waals surface area contributed by atoms with Crippen molar-refractivity contribution < 1.29 is 22.8 Å². The molecule has 2 heterocycles. The molecule has 0 saturated heterocycles. The number of rotatable bonds is 5. The van der Waals surface area contributed by atoms with Gasteiger partial charge in [0.1, 0.15) is 11.5 Å². The molecule has 4 rings (SSSR count). The van der Waals surface area contributed by atoms with Gasteiger partial charge in [0.05, 0.1) is 23.5 Å². The minimum absolute atomic E-state index is 0.284. The first kappa shape index (κ1) is 23.5. The van der Waals surface area contributed by atoms with Crippen LogP contribution in [0.5, 0.6) is 0 Å². The van der Waals surface area contributed by atoms with E-state index in [0.717, 1.165) is 43.1 Å². The average molecular weight is 470 g/mol. The van der Waals surface area contributed by atoms with E-state index in [1.165, 1.54) is 30.1 Å². The van der Waals surface area contributed by atoms with Crippen molar-refractivity contribution >= 4 is 17.5 Å². The van der Waals surface area contributed by atoms with Crippen LogP contribution >= 0.6 is 0 Å². The van der Waals surface area contributed by atoms with Crippen LogP contribution in [0, 0.1) is 0 Å². The van der Waals surface area contributed by atoms with Gasteiger partial charge in [-0.25, -0.2) is 4.98 Å². The summed E-state index contributed by atoms with van der Waals surface area (Å²) >= 11 is 0. The fourth-order valence-electron chi connectivity index (χ4n) is 4.20. The highest BCUT2D eigenvalue weighted by molar-refractivity contribution is 5.99. The molecular weight excluding hydrogens is 445 g/mol. The van der Waals surface area contributed by atoms with E-state index < -0.39 is 30.1 Å². The summed E-state index contributed by atoms with van der Waals surface area (Å²) in [6.07, 6.45) is -0.958. The second kappa shape index (κ2) is 9.70. The van der Waals surface area contributed by atoms with Crippen LogP contribution in [0.1, 0.15) is 41.0 Å². The Kier molecular flexibility index (Phi) is 6.72. The van der Waals surface area contributed by atoms with E-state index in [1.54, 1.807) is 0 Å². The van der Waals surface area contributed by atoms with Gasteiger partial charge in [0.2, 0.25) is 5.91 Å². The number of likely N-dealkylation sites (N-methyl/N-ethyl adjacent to an activating group) is 1. The highest BCUT2D eigenvalue weighted by Crippen LogP contribution is 2.34. The topological polar surface area (TPSA) is 67.2 Å². The van der Waals surface area contributed by atoms with Gasteiger partial charge in [-0.2, -0.15) is 13.2 Å². The number of para-hydroxylation sites is 1. The van der Waals surface area contributed by atoms with Gasteiger partial charge in [-0.1, -0.05) is 48.9 Å². The highest BCUT2D eigenvalue weighted by atomic mass is 19.4. The first-order valence-corrected chi connectivity index (χ1v) is 11.1. The molecule has 178 valence electrons. The first-order chi connectivity index (χ1) is 16.3. The second-order valence-electron chi connectivity index (χ2n) is 8.31. The van der Waals surface area contributed by atoms with Crippen LogP contribution in [0.4, 0.5) is 18.9 Å². The van der Waals surface area contributed by atoms with Gasteiger partial charge in [-0.05, 0) is 31.4 Å². The summed E-state index contributed by atoms with van der Waals surface area (Å²) in [5, 5.41) is 2.28. The number of carbonyl (C=O) groups is 2. The van der Waals surface area contributed by atoms with E-state index in [0.29, 0.717) is 12.2 Å². The monoisotopic (exact) mass is 470 g/mol. The number of aromatic nitrogens is 2. The van der Waals surface area contributed by atoms with Crippen molar-refractivity contribution in [2.45, 2.75) is 38.4 Å². The fourth-order valence-corrected chi connectivity index (χ4v) is 4.20. The molecule has 0 fully saturated rings. The van der Waals surface area contributed by atoms with Crippen molar-refractivity contribution in [3.8, 4) is 11.4 Å². The van der Waals surface area contributed by atoms with E-state index in [9.17, 15) is 22.8 Å². The number of hydrogen-bond donors (Lipinski definition) is 1. The van der Waals surface area contributed by atoms with Crippen LogP contribution in [0.25, 0.3) is 11.4 Å². The Morgan fingerprint density at radius 2 is 1.74 bits per heavy atom. The molecule has 0 spiro atoms. The molecule has 0 radical (unpaired) electrons. The van der Waals surface area contributed by atoms with Gasteiger partial charge in [0.25, 0.3) is 5.91 Å². The number of nitrogens with one attached hydrogen (secondary N) is 1. The van der Waals surface area contributed by atoms with Crippen LogP contribution in [-0.2, 0) is 23.9 Å². The van der Waals surface area contributed by atoms with Crippen LogP contribution in [-0.4, -0.2) is 39.9 Å². The zero-order chi connectivity index (χ0) is 24.3. The van der Waals surface area contributed by atoms with Crippen molar-refractivity contribution in [3.05, 3.63) is 71.5 Å². The number of halogens is 3. The van der Waals surface area contributed by atoms with Crippen LogP contribution < -0.4 is 5.32 Å². The molecule has 0 aliphatic carbocycles. The summed E-state index contributed by atoms with van der Waals surface area (Å²) in [4.78, 5) is 31.6. The smallest absolute Gasteiger partial charge is 0.331 e. The van der Waals surface area contributed by atoms with Gasteiger partial charge < -0.3 is 14.8 Å². The molecule has 34 heavy (non-hydrogen) atoms. The molecule has 1 N–H and O–H groups in total. The molecule has 0 saturated carbocycles. The quantitative estimate of drug-likeness (QED) is 0.570. The van der Waals surface area contributed by atoms with Crippen molar-refractivity contribution in [1.29, 1.82) is 0 Å². The Labute approximate surface area is 195 Å². The van der Waals surface area contributed by atoms with Gasteiger partial charge in [0.15, 0.2) is 0 Å². The van der Waals surface area contributed by atoms with E-state index in [2.05, 4.69) is 14.9 Å². The third-order valence-corrected chi connectivity index (χ3v) is 5.84. The fraction of sp³-hybridized carbons (Fsp3) is 0.320. The van der Waals surface area contributed by atoms with Gasteiger partial charge in [-0.3, -0.25) is 9.59 Å². The zero-order valence-electron chi connectivity index (χ0n) is 18.7. The number of alkyl halides is 3. The maximum Gasteiger partial charge on any atom is 0.418 e. The Hall–Kier alpha value is -3.62. The van der Waals surface area contributed by atoms with E-state index in [1.807, 2.05) is 30.3 Å². The van der Waals surface area contributed by atoms with Crippen molar-refractivity contribution in [2.24, 2.45) is 0 Å². The minimum Gasteiger partial charge on any atom is -0.331 e. The minimum atomic E-state index is -4.60. The van der Waals surface area contributed by atoms with Crippen LogP contribution in [0.2, 0.25) is 0 Å². The van der Waals surface area contributed by atoms with Crippen molar-refractivity contribution in [2.75, 3.05) is 18.9 Å². The summed E-state index contributed by atoms with van der Waals surface area (Å²) < 4.78 is 41.7. The number of anilines is 1. The predicted molar refractivity (Wildman–Crippen MR) is 122 cm³/mol. The second-order valence-corrected chi connectivity index (χ2v) is 8.31. The molecule has 0 unspecified atom stereocenters. The number of carbonyl (C=O) groups excluding carboxylic acids is 2. The molecule has 3 aromatic rings. The normalized spacial score (nSPS) is 13.6. The molecule has 2 amide bonds. The van der Waals surface area contributed by atoms with E-state index >= 15 is 0 Å². The lowest BCUT2D eigenvalue weighted by Crippen LogP contribution is -2.36. The lowest BCUT2D eigenvalue weighted by molar-refractivity contribution is -0.137. The van der Waals surface area contributed by atoms with Crippen LogP contribution in [0.3, 0.4) is 0 Å². The first-order valence-electron chi connectivity index (χ1n) is 11.1. The SMILES string of the molecule is CN(CC(=O)Nc1ccccc1C(F)(F)F)C(=O)c1nc(-c2ccccc2)n2c1CCCCC2. The zero-order valence-corrected chi connectivity index (χ0v) is 18.7. The molecular formula is C25H25F3N4O2. The number of imidazole rings is 1. The molecule has 1 aliphatic heterocycles. The summed E-state index contributed by atoms with van der Waals surface area (Å²) in [5.41, 5.74) is 0.726. The highest BCUT2D eigenvalue weighted by Gasteiger charge is 2.34. The Bertz CT molecular complexity index is 1190. The van der Waals surface area contributed by atoms with Crippen molar-refractivity contribution in [3.63, 3.8) is 0 Å². The van der Waals surface area contributed by atoms with Crippen LogP contribution in [0.15, 0.2) is 54.6 Å². The number of nitrogens with zero attached hydrogens (tertiary/aromatic N) is 3. The third kappa shape index (κ3) is 4.98. The maximum absolute atomic E-state index is 13.3. The number of benzene rings is 2. The summed E-state index contributed by atoms with van der Waals surface area (Å²) in [5.74, 6) is -0.453. The van der Waals surface area contributed by atoms with E-state index in [-0.39, 0.29) is 11.4 Å². The number of amides is 2. The third-order valence-electron chi connectivity index (χ3n) is 5.84. The summed E-state index contributed by atoms with van der Waals surface area (Å²) in [7, 11) is 1.45. The Morgan fingerprint density at radius 1 is 1.03 bits per heavy atom. The molecule has 1 aliphatic rings.